The highest BCUT2D eigenvalue weighted by Crippen LogP contribution is 2.24. The minimum absolute atomic E-state index is 0.0415. The predicted molar refractivity (Wildman–Crippen MR) is 98.9 cm³/mol. The van der Waals surface area contributed by atoms with Crippen LogP contribution < -0.4 is 20.3 Å². The molecule has 0 spiro atoms. The molecule has 0 unspecified atom stereocenters. The Morgan fingerprint density at radius 1 is 1.07 bits per heavy atom. The highest BCUT2D eigenvalue weighted by molar-refractivity contribution is 5.85. The number of rotatable bonds is 6. The molecule has 27 heavy (non-hydrogen) atoms. The van der Waals surface area contributed by atoms with E-state index in [9.17, 15) is 14.0 Å². The van der Waals surface area contributed by atoms with Crippen molar-refractivity contribution in [3.05, 3.63) is 58.9 Å². The summed E-state index contributed by atoms with van der Waals surface area (Å²) in [6, 6.07) is 9.68. The number of hydrogen-bond donors (Lipinski definition) is 2. The van der Waals surface area contributed by atoms with Gasteiger partial charge in [0, 0.05) is 0 Å². The molecule has 1 atom stereocenters. The Morgan fingerprint density at radius 3 is 2.33 bits per heavy atom. The zero-order valence-corrected chi connectivity index (χ0v) is 15.8. The standard InChI is InChI=1S/C20H23FN2O4/c1-12-9-13(2)19(14(3)10-12)26-11-18(24)22-23-20(25)15(4)27-17-8-6-5-7-16(17)21/h5-10,15H,11H2,1-4H3,(H,22,24)(H,23,25)/t15-/m1/s1. The molecule has 0 saturated heterocycles. The molecule has 0 aliphatic rings. The third-order valence-corrected chi connectivity index (χ3v) is 3.79. The van der Waals surface area contributed by atoms with Crippen molar-refractivity contribution >= 4 is 11.8 Å². The number of ether oxygens (including phenoxy) is 2. The molecule has 2 amide bonds. The van der Waals surface area contributed by atoms with Crippen LogP contribution in [-0.2, 0) is 9.59 Å². The van der Waals surface area contributed by atoms with Gasteiger partial charge in [0.05, 0.1) is 0 Å². The van der Waals surface area contributed by atoms with E-state index in [1.807, 2.05) is 32.9 Å². The van der Waals surface area contributed by atoms with E-state index >= 15 is 0 Å². The molecule has 144 valence electrons. The summed E-state index contributed by atoms with van der Waals surface area (Å²) in [7, 11) is 0. The number of amides is 2. The fraction of sp³-hybridized carbons (Fsp3) is 0.300. The van der Waals surface area contributed by atoms with E-state index in [2.05, 4.69) is 10.9 Å². The van der Waals surface area contributed by atoms with Gasteiger partial charge in [-0.05, 0) is 51.0 Å². The fourth-order valence-electron chi connectivity index (χ4n) is 2.59. The van der Waals surface area contributed by atoms with Gasteiger partial charge >= 0.3 is 0 Å². The number of hydrazine groups is 1. The number of benzene rings is 2. The largest absolute Gasteiger partial charge is 0.483 e. The van der Waals surface area contributed by atoms with Crippen LogP contribution in [-0.4, -0.2) is 24.5 Å². The van der Waals surface area contributed by atoms with E-state index in [4.69, 9.17) is 9.47 Å². The number of nitrogens with one attached hydrogen (secondary N) is 2. The number of hydrogen-bond acceptors (Lipinski definition) is 4. The number of halogens is 1. The van der Waals surface area contributed by atoms with E-state index in [1.165, 1.54) is 25.1 Å². The fourth-order valence-corrected chi connectivity index (χ4v) is 2.59. The SMILES string of the molecule is Cc1cc(C)c(OCC(=O)NNC(=O)[C@@H](C)Oc2ccccc2F)c(C)c1. The lowest BCUT2D eigenvalue weighted by Crippen LogP contribution is -2.48. The second kappa shape index (κ2) is 9.02. The van der Waals surface area contributed by atoms with Crippen LogP contribution in [0.15, 0.2) is 36.4 Å². The van der Waals surface area contributed by atoms with Gasteiger partial charge in [-0.3, -0.25) is 20.4 Å². The Hall–Kier alpha value is -3.09. The van der Waals surface area contributed by atoms with E-state index in [0.717, 1.165) is 16.7 Å². The Labute approximate surface area is 157 Å². The molecule has 0 heterocycles. The summed E-state index contributed by atoms with van der Waals surface area (Å²) in [5.41, 5.74) is 7.44. The summed E-state index contributed by atoms with van der Waals surface area (Å²) >= 11 is 0. The van der Waals surface area contributed by atoms with E-state index in [0.29, 0.717) is 5.75 Å². The first-order chi connectivity index (χ1) is 12.8. The minimum atomic E-state index is -0.996. The van der Waals surface area contributed by atoms with Crippen LogP contribution in [0.25, 0.3) is 0 Å². The van der Waals surface area contributed by atoms with Crippen LogP contribution in [0.2, 0.25) is 0 Å². The minimum Gasteiger partial charge on any atom is -0.483 e. The Balaban J connectivity index is 1.81. The molecule has 2 aromatic carbocycles. The maximum Gasteiger partial charge on any atom is 0.279 e. The smallest absolute Gasteiger partial charge is 0.279 e. The van der Waals surface area contributed by atoms with Crippen LogP contribution in [0.1, 0.15) is 23.6 Å². The van der Waals surface area contributed by atoms with Crippen LogP contribution in [0.5, 0.6) is 11.5 Å². The molecule has 2 aromatic rings. The average Bonchev–Trinajstić information content (AvgIpc) is 2.60. The van der Waals surface area contributed by atoms with Crippen molar-refractivity contribution in [2.45, 2.75) is 33.8 Å². The molecule has 6 nitrogen and oxygen atoms in total. The lowest BCUT2D eigenvalue weighted by molar-refractivity contribution is -0.133. The Morgan fingerprint density at radius 2 is 1.70 bits per heavy atom. The monoisotopic (exact) mass is 374 g/mol. The topological polar surface area (TPSA) is 76.7 Å². The quantitative estimate of drug-likeness (QED) is 0.763. The van der Waals surface area contributed by atoms with Crippen molar-refractivity contribution in [1.82, 2.24) is 10.9 Å². The first-order valence-corrected chi connectivity index (χ1v) is 8.48. The van der Waals surface area contributed by atoms with Crippen molar-refractivity contribution in [1.29, 1.82) is 0 Å². The zero-order chi connectivity index (χ0) is 20.0. The van der Waals surface area contributed by atoms with Crippen molar-refractivity contribution in [2.24, 2.45) is 0 Å². The molecule has 0 radical (unpaired) electrons. The van der Waals surface area contributed by atoms with E-state index in [-0.39, 0.29) is 12.4 Å². The van der Waals surface area contributed by atoms with E-state index in [1.54, 1.807) is 6.07 Å². The van der Waals surface area contributed by atoms with Crippen LogP contribution in [0, 0.1) is 26.6 Å². The van der Waals surface area contributed by atoms with Gasteiger partial charge in [0.1, 0.15) is 5.75 Å². The van der Waals surface area contributed by atoms with Gasteiger partial charge < -0.3 is 9.47 Å². The highest BCUT2D eigenvalue weighted by atomic mass is 19.1. The first kappa shape index (κ1) is 20.2. The van der Waals surface area contributed by atoms with Crippen molar-refractivity contribution in [2.75, 3.05) is 6.61 Å². The highest BCUT2D eigenvalue weighted by Gasteiger charge is 2.17. The van der Waals surface area contributed by atoms with Gasteiger partial charge in [-0.2, -0.15) is 0 Å². The average molecular weight is 374 g/mol. The predicted octanol–water partition coefficient (Wildman–Crippen LogP) is 2.74. The number of aryl methyl sites for hydroxylation is 3. The third-order valence-electron chi connectivity index (χ3n) is 3.79. The molecule has 0 aliphatic carbocycles. The lowest BCUT2D eigenvalue weighted by Gasteiger charge is -2.16. The summed E-state index contributed by atoms with van der Waals surface area (Å²) in [5.74, 6) is -1.12. The van der Waals surface area contributed by atoms with Crippen LogP contribution >= 0.6 is 0 Å². The third kappa shape index (κ3) is 5.70. The second-order valence-electron chi connectivity index (χ2n) is 6.24. The molecule has 7 heteroatoms. The van der Waals surface area contributed by atoms with Crippen molar-refractivity contribution in [3.63, 3.8) is 0 Å². The number of para-hydroxylation sites is 1. The van der Waals surface area contributed by atoms with Gasteiger partial charge in [0.25, 0.3) is 11.8 Å². The van der Waals surface area contributed by atoms with Gasteiger partial charge in [0.2, 0.25) is 0 Å². The maximum absolute atomic E-state index is 13.5. The van der Waals surface area contributed by atoms with Gasteiger partial charge in [-0.1, -0.05) is 29.8 Å². The van der Waals surface area contributed by atoms with Gasteiger partial charge in [0.15, 0.2) is 24.3 Å². The van der Waals surface area contributed by atoms with Gasteiger partial charge in [-0.15, -0.1) is 0 Å². The molecular weight excluding hydrogens is 351 g/mol. The normalized spacial score (nSPS) is 11.4. The zero-order valence-electron chi connectivity index (χ0n) is 15.8. The molecule has 0 aromatic heterocycles. The molecule has 2 N–H and O–H groups in total. The Bertz CT molecular complexity index is 815. The van der Waals surface area contributed by atoms with Gasteiger partial charge in [-0.25, -0.2) is 4.39 Å². The summed E-state index contributed by atoms with van der Waals surface area (Å²) in [5, 5.41) is 0. The summed E-state index contributed by atoms with van der Waals surface area (Å²) in [6.07, 6.45) is -0.996. The Kier molecular flexibility index (Phi) is 6.76. The van der Waals surface area contributed by atoms with Crippen molar-refractivity contribution < 1.29 is 23.5 Å². The maximum atomic E-state index is 13.5. The molecule has 0 saturated carbocycles. The summed E-state index contributed by atoms with van der Waals surface area (Å²) in [4.78, 5) is 23.9. The summed E-state index contributed by atoms with van der Waals surface area (Å²) < 4.78 is 24.3. The summed E-state index contributed by atoms with van der Waals surface area (Å²) in [6.45, 7) is 6.97. The molecule has 2 rings (SSSR count). The van der Waals surface area contributed by atoms with E-state index < -0.39 is 23.7 Å². The molecular formula is C20H23FN2O4. The number of carbonyl (C=O) groups is 2. The second-order valence-corrected chi connectivity index (χ2v) is 6.24. The molecule has 0 aliphatic heterocycles. The number of carbonyl (C=O) groups excluding carboxylic acids is 2. The molecule has 0 bridgehead atoms. The van der Waals surface area contributed by atoms with Crippen LogP contribution in [0.3, 0.4) is 0 Å². The first-order valence-electron chi connectivity index (χ1n) is 8.48. The molecule has 0 fully saturated rings. The van der Waals surface area contributed by atoms with Crippen molar-refractivity contribution in [3.8, 4) is 11.5 Å². The van der Waals surface area contributed by atoms with Crippen LogP contribution in [0.4, 0.5) is 4.39 Å². The lowest BCUT2D eigenvalue weighted by atomic mass is 10.1.